The highest BCUT2D eigenvalue weighted by Gasteiger charge is 2.75. The zero-order chi connectivity index (χ0) is 23.2. The van der Waals surface area contributed by atoms with E-state index in [0.717, 1.165) is 41.4 Å². The molecule has 0 aromatic heterocycles. The van der Waals surface area contributed by atoms with Crippen molar-refractivity contribution in [2.45, 2.75) is 31.3 Å². The highest BCUT2D eigenvalue weighted by Crippen LogP contribution is 2.62. The van der Waals surface area contributed by atoms with Crippen LogP contribution in [-0.2, 0) is 19.9 Å². The molecule has 0 saturated carbocycles. The third-order valence-corrected chi connectivity index (χ3v) is 8.47. The molecular weight excluding hydrogens is 426 g/mol. The lowest BCUT2D eigenvalue weighted by molar-refractivity contribution is -0.137. The number of hydrogen-bond acceptors (Lipinski definition) is 4. The van der Waals surface area contributed by atoms with Crippen LogP contribution in [0, 0.1) is 11.8 Å². The van der Waals surface area contributed by atoms with Crippen molar-refractivity contribution < 1.29 is 14.4 Å². The molecule has 3 aromatic carbocycles. The Bertz CT molecular complexity index is 1400. The number of amides is 3. The summed E-state index contributed by atoms with van der Waals surface area (Å²) in [5, 5.41) is 1.85. The van der Waals surface area contributed by atoms with E-state index in [0.29, 0.717) is 12.2 Å². The average molecular weight is 452 g/mol. The van der Waals surface area contributed by atoms with Gasteiger partial charge in [0, 0.05) is 29.2 Å². The molecule has 3 aromatic rings. The van der Waals surface area contributed by atoms with Gasteiger partial charge in [0.15, 0.2) is 0 Å². The molecule has 3 fully saturated rings. The summed E-state index contributed by atoms with van der Waals surface area (Å²) in [5.74, 6) is -1.70. The normalized spacial score (nSPS) is 30.0. The molecule has 7 rings (SSSR count). The third kappa shape index (κ3) is 2.13. The molecule has 0 aliphatic carbocycles. The predicted molar refractivity (Wildman–Crippen MR) is 129 cm³/mol. The SMILES string of the molecule is CCN1C(=O)[C@@]2(c3ccccc31)[C@@H]1C(=O)N(c3cccc4ccccc34)C(=O)[C@@H]1[C@@H]1CCCN12. The number of benzene rings is 3. The second-order valence-corrected chi connectivity index (χ2v) is 9.75. The molecule has 0 N–H and O–H groups in total. The molecule has 3 saturated heterocycles. The maximum atomic E-state index is 14.3. The van der Waals surface area contributed by atoms with Crippen LogP contribution in [0.15, 0.2) is 66.7 Å². The Balaban J connectivity index is 1.46. The van der Waals surface area contributed by atoms with E-state index in [9.17, 15) is 14.4 Å². The van der Waals surface area contributed by atoms with Gasteiger partial charge in [0.05, 0.1) is 17.5 Å². The van der Waals surface area contributed by atoms with E-state index in [1.165, 1.54) is 4.90 Å². The summed E-state index contributed by atoms with van der Waals surface area (Å²) in [4.78, 5) is 47.9. The van der Waals surface area contributed by atoms with Gasteiger partial charge in [0.25, 0.3) is 5.91 Å². The van der Waals surface area contributed by atoms with Gasteiger partial charge in [0.2, 0.25) is 11.8 Å². The van der Waals surface area contributed by atoms with Crippen molar-refractivity contribution in [2.75, 3.05) is 22.9 Å². The Hall–Kier alpha value is -3.51. The molecule has 6 heteroatoms. The Morgan fingerprint density at radius 2 is 1.62 bits per heavy atom. The molecule has 1 spiro atoms. The first-order valence-electron chi connectivity index (χ1n) is 12.1. The van der Waals surface area contributed by atoms with Gasteiger partial charge in [0.1, 0.15) is 5.54 Å². The van der Waals surface area contributed by atoms with E-state index in [-0.39, 0.29) is 23.8 Å². The summed E-state index contributed by atoms with van der Waals surface area (Å²) in [6, 6.07) is 21.3. The molecule has 4 atom stereocenters. The van der Waals surface area contributed by atoms with Crippen molar-refractivity contribution in [2.24, 2.45) is 11.8 Å². The van der Waals surface area contributed by atoms with Crippen LogP contribution in [0.25, 0.3) is 10.8 Å². The summed E-state index contributed by atoms with van der Waals surface area (Å²) >= 11 is 0. The van der Waals surface area contributed by atoms with Gasteiger partial charge in [-0.25, -0.2) is 4.90 Å². The van der Waals surface area contributed by atoms with Crippen molar-refractivity contribution in [3.8, 4) is 0 Å². The van der Waals surface area contributed by atoms with E-state index in [2.05, 4.69) is 4.90 Å². The van der Waals surface area contributed by atoms with E-state index < -0.39 is 17.4 Å². The Kier molecular flexibility index (Phi) is 3.96. The minimum Gasteiger partial charge on any atom is -0.310 e. The molecule has 0 radical (unpaired) electrons. The fraction of sp³-hybridized carbons (Fsp3) is 0.321. The molecule has 4 aliphatic rings. The van der Waals surface area contributed by atoms with Crippen LogP contribution in [0.4, 0.5) is 11.4 Å². The summed E-state index contributed by atoms with van der Waals surface area (Å²) in [7, 11) is 0. The van der Waals surface area contributed by atoms with Gasteiger partial charge in [-0.05, 0) is 43.8 Å². The van der Waals surface area contributed by atoms with Crippen LogP contribution in [0.2, 0.25) is 0 Å². The standard InChI is InChI=1S/C28H25N3O3/c1-2-29-21-13-6-5-12-19(21)28(27(29)34)24-23(22-15-8-16-30(22)28)25(32)31(26(24)33)20-14-7-10-17-9-3-4-11-18(17)20/h3-7,9-14,22-24H,2,8,15-16H2,1H3/t22-,23+,24-,28+/m0/s1. The molecule has 6 nitrogen and oxygen atoms in total. The number of carbonyl (C=O) groups excluding carboxylic acids is 3. The Morgan fingerprint density at radius 3 is 2.47 bits per heavy atom. The second kappa shape index (κ2) is 6.76. The van der Waals surface area contributed by atoms with Crippen LogP contribution >= 0.6 is 0 Å². The fourth-order valence-corrected chi connectivity index (χ4v) is 7.30. The van der Waals surface area contributed by atoms with E-state index in [4.69, 9.17) is 0 Å². The number of imide groups is 1. The number of rotatable bonds is 2. The smallest absolute Gasteiger partial charge is 0.253 e. The van der Waals surface area contributed by atoms with Crippen molar-refractivity contribution in [1.29, 1.82) is 0 Å². The van der Waals surface area contributed by atoms with Crippen LogP contribution < -0.4 is 9.80 Å². The largest absolute Gasteiger partial charge is 0.310 e. The number of fused-ring (bicyclic) bond motifs is 8. The number of hydrogen-bond donors (Lipinski definition) is 0. The number of likely N-dealkylation sites (N-methyl/N-ethyl adjacent to an activating group) is 1. The zero-order valence-electron chi connectivity index (χ0n) is 19.0. The van der Waals surface area contributed by atoms with Gasteiger partial charge < -0.3 is 4.90 Å². The van der Waals surface area contributed by atoms with Gasteiger partial charge >= 0.3 is 0 Å². The van der Waals surface area contributed by atoms with E-state index in [1.54, 1.807) is 4.90 Å². The average Bonchev–Trinajstić information content (AvgIpc) is 3.56. The van der Waals surface area contributed by atoms with Crippen molar-refractivity contribution in [1.82, 2.24) is 4.90 Å². The van der Waals surface area contributed by atoms with E-state index >= 15 is 0 Å². The maximum Gasteiger partial charge on any atom is 0.253 e. The van der Waals surface area contributed by atoms with Gasteiger partial charge in [-0.3, -0.25) is 19.3 Å². The molecule has 0 bridgehead atoms. The lowest BCUT2D eigenvalue weighted by Crippen LogP contribution is -2.56. The topological polar surface area (TPSA) is 60.9 Å². The summed E-state index contributed by atoms with van der Waals surface area (Å²) in [6.07, 6.45) is 1.75. The number of nitrogens with zero attached hydrogens (tertiary/aromatic N) is 3. The second-order valence-electron chi connectivity index (χ2n) is 9.75. The molecule has 170 valence electrons. The molecule has 4 heterocycles. The first-order chi connectivity index (χ1) is 16.6. The van der Waals surface area contributed by atoms with Crippen LogP contribution in [0.1, 0.15) is 25.3 Å². The quantitative estimate of drug-likeness (QED) is 0.558. The van der Waals surface area contributed by atoms with Crippen molar-refractivity contribution >= 4 is 39.9 Å². The summed E-state index contributed by atoms with van der Waals surface area (Å²) < 4.78 is 0. The molecule has 3 amide bonds. The number of anilines is 2. The lowest BCUT2D eigenvalue weighted by Gasteiger charge is -2.37. The molecule has 4 aliphatic heterocycles. The van der Waals surface area contributed by atoms with Crippen molar-refractivity contribution in [3.05, 3.63) is 72.3 Å². The highest BCUT2D eigenvalue weighted by molar-refractivity contribution is 6.28. The fourth-order valence-electron chi connectivity index (χ4n) is 7.30. The zero-order valence-corrected chi connectivity index (χ0v) is 19.0. The van der Waals surface area contributed by atoms with Crippen LogP contribution in [0.3, 0.4) is 0 Å². The van der Waals surface area contributed by atoms with Gasteiger partial charge in [-0.2, -0.15) is 0 Å². The first-order valence-corrected chi connectivity index (χ1v) is 12.1. The summed E-state index contributed by atoms with van der Waals surface area (Å²) in [6.45, 7) is 3.22. The Labute approximate surface area is 197 Å². The van der Waals surface area contributed by atoms with Crippen LogP contribution in [0.5, 0.6) is 0 Å². The predicted octanol–water partition coefficient (Wildman–Crippen LogP) is 3.69. The lowest BCUT2D eigenvalue weighted by atomic mass is 9.75. The van der Waals surface area contributed by atoms with Crippen LogP contribution in [-0.4, -0.2) is 41.8 Å². The number of para-hydroxylation sites is 1. The van der Waals surface area contributed by atoms with Gasteiger partial charge in [-0.1, -0.05) is 54.6 Å². The number of carbonyl (C=O) groups is 3. The Morgan fingerprint density at radius 1 is 0.882 bits per heavy atom. The minimum absolute atomic E-state index is 0.0588. The maximum absolute atomic E-state index is 14.3. The third-order valence-electron chi connectivity index (χ3n) is 8.47. The molecule has 34 heavy (non-hydrogen) atoms. The van der Waals surface area contributed by atoms with Gasteiger partial charge in [-0.15, -0.1) is 0 Å². The monoisotopic (exact) mass is 451 g/mol. The first kappa shape index (κ1) is 19.9. The van der Waals surface area contributed by atoms with Crippen molar-refractivity contribution in [3.63, 3.8) is 0 Å². The molecule has 0 unspecified atom stereocenters. The van der Waals surface area contributed by atoms with E-state index in [1.807, 2.05) is 73.7 Å². The minimum atomic E-state index is -1.11. The summed E-state index contributed by atoms with van der Waals surface area (Å²) in [5.41, 5.74) is 1.26. The highest BCUT2D eigenvalue weighted by atomic mass is 16.2. The molecular formula is C28H25N3O3.